The molecule has 1 aromatic rings. The van der Waals surface area contributed by atoms with Gasteiger partial charge in [0.1, 0.15) is 0 Å². The number of rotatable bonds is 1. The van der Waals surface area contributed by atoms with E-state index in [-0.39, 0.29) is 18.8 Å². The lowest BCUT2D eigenvalue weighted by Gasteiger charge is -2.29. The molecule has 0 aliphatic carbocycles. The average molecular weight is 284 g/mol. The van der Waals surface area contributed by atoms with Crippen molar-refractivity contribution < 1.29 is 19.4 Å². The molecule has 1 fully saturated rings. The highest BCUT2D eigenvalue weighted by Crippen LogP contribution is 2.40. The highest BCUT2D eigenvalue weighted by molar-refractivity contribution is 6.32. The zero-order chi connectivity index (χ0) is 13.4. The number of likely N-dealkylation sites (tertiary alicyclic amines) is 1. The maximum absolute atomic E-state index is 12.3. The zero-order valence-electron chi connectivity index (χ0n) is 10.3. The number of amides is 1. The monoisotopic (exact) mass is 283 g/mol. The summed E-state index contributed by atoms with van der Waals surface area (Å²) in [6, 6.07) is 3.25. The predicted octanol–water partition coefficient (Wildman–Crippen LogP) is 1.67. The lowest BCUT2D eigenvalue weighted by atomic mass is 10.1. The highest BCUT2D eigenvalue weighted by Gasteiger charge is 2.25. The van der Waals surface area contributed by atoms with E-state index >= 15 is 0 Å². The molecule has 0 atom stereocenters. The van der Waals surface area contributed by atoms with Crippen LogP contribution in [-0.4, -0.2) is 41.9 Å². The topological polar surface area (TPSA) is 59.0 Å². The Hall–Kier alpha value is -1.46. The minimum absolute atomic E-state index is 0.0906. The van der Waals surface area contributed by atoms with Crippen LogP contribution >= 0.6 is 11.6 Å². The highest BCUT2D eigenvalue weighted by atomic mass is 35.5. The number of aliphatic hydroxyl groups excluding tert-OH is 1. The van der Waals surface area contributed by atoms with E-state index in [0.717, 1.165) is 0 Å². The van der Waals surface area contributed by atoms with Gasteiger partial charge >= 0.3 is 0 Å². The molecular formula is C13H14ClNO4. The number of carbonyl (C=O) groups is 1. The number of nitrogens with zero attached hydrogens (tertiary/aromatic N) is 1. The number of carbonyl (C=O) groups excluding carboxylic acids is 1. The normalized spacial score (nSPS) is 18.7. The molecule has 1 amide bonds. The summed E-state index contributed by atoms with van der Waals surface area (Å²) in [5.74, 6) is 0.910. The van der Waals surface area contributed by atoms with E-state index in [1.807, 2.05) is 0 Å². The van der Waals surface area contributed by atoms with Gasteiger partial charge in [-0.15, -0.1) is 0 Å². The fourth-order valence-electron chi connectivity index (χ4n) is 2.34. The smallest absolute Gasteiger partial charge is 0.254 e. The number of hydrogen-bond donors (Lipinski definition) is 1. The molecule has 5 nitrogen and oxygen atoms in total. The molecule has 0 aromatic heterocycles. The number of ether oxygens (including phenoxy) is 2. The van der Waals surface area contributed by atoms with E-state index in [0.29, 0.717) is 48.0 Å². The van der Waals surface area contributed by atoms with E-state index in [1.54, 1.807) is 17.0 Å². The molecule has 102 valence electrons. The minimum atomic E-state index is -0.301. The Morgan fingerprint density at radius 2 is 2.05 bits per heavy atom. The van der Waals surface area contributed by atoms with Gasteiger partial charge in [0.25, 0.3) is 5.91 Å². The van der Waals surface area contributed by atoms with Gasteiger partial charge in [-0.3, -0.25) is 4.79 Å². The van der Waals surface area contributed by atoms with Crippen LogP contribution in [0.25, 0.3) is 0 Å². The van der Waals surface area contributed by atoms with Crippen LogP contribution in [0.2, 0.25) is 5.02 Å². The van der Waals surface area contributed by atoms with Gasteiger partial charge in [-0.25, -0.2) is 0 Å². The van der Waals surface area contributed by atoms with Crippen molar-refractivity contribution >= 4 is 17.5 Å². The maximum atomic E-state index is 12.3. The molecule has 1 saturated heterocycles. The van der Waals surface area contributed by atoms with Gasteiger partial charge in [0.15, 0.2) is 11.5 Å². The number of halogens is 1. The first-order valence-corrected chi connectivity index (χ1v) is 6.59. The van der Waals surface area contributed by atoms with Crippen molar-refractivity contribution in [3.63, 3.8) is 0 Å². The Morgan fingerprint density at radius 1 is 1.32 bits per heavy atom. The molecule has 0 radical (unpaired) electrons. The second-order valence-corrected chi connectivity index (χ2v) is 5.12. The van der Waals surface area contributed by atoms with Crippen molar-refractivity contribution in [1.82, 2.24) is 4.90 Å². The molecule has 0 saturated carbocycles. The van der Waals surface area contributed by atoms with E-state index in [1.165, 1.54) is 0 Å². The number of fused-ring (bicyclic) bond motifs is 1. The Morgan fingerprint density at radius 3 is 2.79 bits per heavy atom. The Balaban J connectivity index is 1.82. The summed E-state index contributed by atoms with van der Waals surface area (Å²) in [7, 11) is 0. The van der Waals surface area contributed by atoms with Gasteiger partial charge in [0.05, 0.1) is 11.1 Å². The van der Waals surface area contributed by atoms with Crippen LogP contribution in [0, 0.1) is 0 Å². The third-order valence-electron chi connectivity index (χ3n) is 3.43. The quantitative estimate of drug-likeness (QED) is 0.852. The summed E-state index contributed by atoms with van der Waals surface area (Å²) < 4.78 is 10.5. The zero-order valence-corrected chi connectivity index (χ0v) is 11.0. The van der Waals surface area contributed by atoms with Crippen LogP contribution in [0.5, 0.6) is 11.5 Å². The van der Waals surface area contributed by atoms with Gasteiger partial charge in [0, 0.05) is 18.7 Å². The van der Waals surface area contributed by atoms with E-state index in [4.69, 9.17) is 21.1 Å². The summed E-state index contributed by atoms with van der Waals surface area (Å²) >= 11 is 6.07. The minimum Gasteiger partial charge on any atom is -0.454 e. The van der Waals surface area contributed by atoms with E-state index in [2.05, 4.69) is 0 Å². The van der Waals surface area contributed by atoms with Crippen LogP contribution in [0.3, 0.4) is 0 Å². The molecule has 2 aliphatic heterocycles. The molecule has 1 N–H and O–H groups in total. The molecule has 0 bridgehead atoms. The van der Waals surface area contributed by atoms with Crippen LogP contribution in [0.15, 0.2) is 12.1 Å². The van der Waals surface area contributed by atoms with Gasteiger partial charge < -0.3 is 19.5 Å². The second-order valence-electron chi connectivity index (χ2n) is 4.72. The molecule has 0 spiro atoms. The molecule has 2 aliphatic rings. The lowest BCUT2D eigenvalue weighted by molar-refractivity contribution is 0.0546. The van der Waals surface area contributed by atoms with Gasteiger partial charge in [0.2, 0.25) is 6.79 Å². The van der Waals surface area contributed by atoms with Crippen molar-refractivity contribution in [2.24, 2.45) is 0 Å². The summed E-state index contributed by atoms with van der Waals surface area (Å²) in [6.07, 6.45) is 0.929. The molecule has 3 rings (SSSR count). The maximum Gasteiger partial charge on any atom is 0.254 e. The van der Waals surface area contributed by atoms with Crippen LogP contribution in [-0.2, 0) is 0 Å². The molecule has 19 heavy (non-hydrogen) atoms. The van der Waals surface area contributed by atoms with Crippen molar-refractivity contribution in [2.45, 2.75) is 18.9 Å². The van der Waals surface area contributed by atoms with Crippen molar-refractivity contribution in [1.29, 1.82) is 0 Å². The number of hydrogen-bond acceptors (Lipinski definition) is 4. The summed E-state index contributed by atoms with van der Waals surface area (Å²) in [6.45, 7) is 1.25. The molecule has 0 unspecified atom stereocenters. The molecule has 1 aromatic carbocycles. The third-order valence-corrected chi connectivity index (χ3v) is 3.71. The van der Waals surface area contributed by atoms with Gasteiger partial charge in [-0.05, 0) is 25.0 Å². The largest absolute Gasteiger partial charge is 0.454 e. The van der Waals surface area contributed by atoms with Crippen molar-refractivity contribution in [3.05, 3.63) is 22.7 Å². The van der Waals surface area contributed by atoms with Crippen molar-refractivity contribution in [3.8, 4) is 11.5 Å². The summed E-state index contributed by atoms with van der Waals surface area (Å²) in [4.78, 5) is 14.1. The van der Waals surface area contributed by atoms with Crippen LogP contribution in [0.4, 0.5) is 0 Å². The lowest BCUT2D eigenvalue weighted by Crippen LogP contribution is -2.40. The average Bonchev–Trinajstić information content (AvgIpc) is 2.87. The third kappa shape index (κ3) is 2.35. The number of piperidine rings is 1. The molecular weight excluding hydrogens is 270 g/mol. The Kier molecular flexibility index (Phi) is 3.24. The molecule has 2 heterocycles. The first-order chi connectivity index (χ1) is 9.15. The standard InChI is InChI=1S/C13H14ClNO4/c14-10-5-8(6-11-12(10)19-7-18-11)13(17)15-3-1-9(16)2-4-15/h5-6,9,16H,1-4,7H2. The molecule has 6 heteroatoms. The summed E-state index contributed by atoms with van der Waals surface area (Å²) in [5.41, 5.74) is 0.491. The van der Waals surface area contributed by atoms with Crippen LogP contribution in [0.1, 0.15) is 23.2 Å². The van der Waals surface area contributed by atoms with Gasteiger partial charge in [-0.1, -0.05) is 11.6 Å². The Labute approximate surface area is 115 Å². The van der Waals surface area contributed by atoms with E-state index < -0.39 is 0 Å². The number of aliphatic hydroxyl groups is 1. The first kappa shape index (κ1) is 12.6. The first-order valence-electron chi connectivity index (χ1n) is 6.21. The fourth-order valence-corrected chi connectivity index (χ4v) is 2.61. The van der Waals surface area contributed by atoms with Crippen molar-refractivity contribution in [2.75, 3.05) is 19.9 Å². The van der Waals surface area contributed by atoms with Crippen LogP contribution < -0.4 is 9.47 Å². The second kappa shape index (κ2) is 4.90. The Bertz CT molecular complexity index is 512. The number of benzene rings is 1. The summed E-state index contributed by atoms with van der Waals surface area (Å²) in [5, 5.41) is 9.84. The fraction of sp³-hybridized carbons (Fsp3) is 0.462. The predicted molar refractivity (Wildman–Crippen MR) is 68.7 cm³/mol. The van der Waals surface area contributed by atoms with E-state index in [9.17, 15) is 9.90 Å². The SMILES string of the molecule is O=C(c1cc(Cl)c2c(c1)OCO2)N1CCC(O)CC1. The van der Waals surface area contributed by atoms with Gasteiger partial charge in [-0.2, -0.15) is 0 Å².